The molecule has 0 spiro atoms. The Labute approximate surface area is 118 Å². The van der Waals surface area contributed by atoms with Gasteiger partial charge in [0.1, 0.15) is 0 Å². The third kappa shape index (κ3) is 6.05. The second-order valence-corrected chi connectivity index (χ2v) is 4.99. The molecule has 112 valence electrons. The molecule has 0 aromatic heterocycles. The maximum atomic E-state index is 11.9. The van der Waals surface area contributed by atoms with Crippen LogP contribution in [-0.4, -0.2) is 29.4 Å². The van der Waals surface area contributed by atoms with E-state index in [0.717, 1.165) is 0 Å². The van der Waals surface area contributed by atoms with Crippen molar-refractivity contribution >= 4 is 23.4 Å². The van der Waals surface area contributed by atoms with Gasteiger partial charge in [0.05, 0.1) is 7.11 Å². The van der Waals surface area contributed by atoms with Gasteiger partial charge in [0, 0.05) is 23.9 Å². The van der Waals surface area contributed by atoms with E-state index in [-0.39, 0.29) is 47.8 Å². The summed E-state index contributed by atoms with van der Waals surface area (Å²) in [7, 11) is 1.37. The molecule has 0 bridgehead atoms. The summed E-state index contributed by atoms with van der Waals surface area (Å²) in [5, 5.41) is 11.9. The van der Waals surface area contributed by atoms with Crippen molar-refractivity contribution in [2.75, 3.05) is 18.2 Å². The summed E-state index contributed by atoms with van der Waals surface area (Å²) >= 11 is -0.143. The largest absolute Gasteiger partial charge is 0.504 e. The summed E-state index contributed by atoms with van der Waals surface area (Å²) < 4.78 is 40.5. The number of hydrogen-bond donors (Lipinski definition) is 2. The zero-order valence-electron chi connectivity index (χ0n) is 10.7. The third-order valence-corrected chi connectivity index (χ3v) is 3.10. The number of carbonyl (C=O) groups is 1. The molecule has 0 aliphatic carbocycles. The summed E-state index contributed by atoms with van der Waals surface area (Å²) in [5.41, 5.74) is -3.85. The molecule has 0 unspecified atom stereocenters. The number of methoxy groups -OCH3 is 1. The van der Waals surface area contributed by atoms with E-state index in [1.165, 1.54) is 25.3 Å². The highest BCUT2D eigenvalue weighted by Crippen LogP contribution is 2.31. The van der Waals surface area contributed by atoms with Gasteiger partial charge in [0.15, 0.2) is 11.5 Å². The van der Waals surface area contributed by atoms with Gasteiger partial charge in [-0.1, -0.05) is 11.8 Å². The third-order valence-electron chi connectivity index (χ3n) is 2.28. The number of halogens is 3. The van der Waals surface area contributed by atoms with Gasteiger partial charge in [-0.3, -0.25) is 4.79 Å². The summed E-state index contributed by atoms with van der Waals surface area (Å²) in [6.45, 7) is 0. The molecule has 1 aromatic rings. The van der Waals surface area contributed by atoms with Crippen molar-refractivity contribution in [3.63, 3.8) is 0 Å². The predicted octanol–water partition coefficient (Wildman–Crippen LogP) is 3.37. The topological polar surface area (TPSA) is 58.6 Å². The van der Waals surface area contributed by atoms with Crippen LogP contribution in [0.25, 0.3) is 0 Å². The Hall–Kier alpha value is -1.57. The number of rotatable bonds is 6. The monoisotopic (exact) mass is 309 g/mol. The van der Waals surface area contributed by atoms with Crippen molar-refractivity contribution in [1.29, 1.82) is 0 Å². The number of hydrogen-bond acceptors (Lipinski definition) is 4. The molecular weight excluding hydrogens is 295 g/mol. The Balaban J connectivity index is 2.39. The van der Waals surface area contributed by atoms with Crippen LogP contribution < -0.4 is 10.1 Å². The first kappa shape index (κ1) is 16.5. The Morgan fingerprint density at radius 2 is 2.15 bits per heavy atom. The fourth-order valence-electron chi connectivity index (χ4n) is 1.40. The average molecular weight is 309 g/mol. The van der Waals surface area contributed by atoms with Crippen molar-refractivity contribution < 1.29 is 27.8 Å². The van der Waals surface area contributed by atoms with Crippen LogP contribution in [0.15, 0.2) is 18.2 Å². The van der Waals surface area contributed by atoms with Crippen molar-refractivity contribution in [2.24, 2.45) is 0 Å². The minimum absolute atomic E-state index is 0.00767. The molecule has 2 N–H and O–H groups in total. The lowest BCUT2D eigenvalue weighted by Gasteiger charge is -2.09. The molecule has 4 nitrogen and oxygen atoms in total. The molecule has 0 aliphatic heterocycles. The number of benzene rings is 1. The minimum Gasteiger partial charge on any atom is -0.504 e. The fraction of sp³-hybridized carbons (Fsp3) is 0.417. The normalized spacial score (nSPS) is 11.2. The molecule has 0 saturated heterocycles. The van der Waals surface area contributed by atoms with Gasteiger partial charge in [-0.25, -0.2) is 0 Å². The van der Waals surface area contributed by atoms with E-state index in [1.54, 1.807) is 0 Å². The van der Waals surface area contributed by atoms with Gasteiger partial charge in [0.25, 0.3) is 0 Å². The summed E-state index contributed by atoms with van der Waals surface area (Å²) in [4.78, 5) is 11.5. The van der Waals surface area contributed by atoms with Crippen molar-refractivity contribution in [3.8, 4) is 11.5 Å². The van der Waals surface area contributed by atoms with Crippen LogP contribution in [0.4, 0.5) is 18.9 Å². The Morgan fingerprint density at radius 1 is 1.45 bits per heavy atom. The van der Waals surface area contributed by atoms with Crippen LogP contribution >= 0.6 is 11.8 Å². The van der Waals surface area contributed by atoms with Gasteiger partial charge >= 0.3 is 5.51 Å². The second-order valence-electron chi connectivity index (χ2n) is 3.83. The molecule has 1 aromatic carbocycles. The fourth-order valence-corrected chi connectivity index (χ4v) is 1.92. The van der Waals surface area contributed by atoms with Gasteiger partial charge in [0.2, 0.25) is 5.91 Å². The predicted molar refractivity (Wildman–Crippen MR) is 71.0 cm³/mol. The molecule has 0 radical (unpaired) electrons. The van der Waals surface area contributed by atoms with E-state index < -0.39 is 5.51 Å². The number of carbonyl (C=O) groups excluding carboxylic acids is 1. The average Bonchev–Trinajstić information content (AvgIpc) is 2.36. The number of phenols is 1. The first-order valence-electron chi connectivity index (χ1n) is 5.69. The first-order valence-corrected chi connectivity index (χ1v) is 6.68. The van der Waals surface area contributed by atoms with Crippen LogP contribution in [0.2, 0.25) is 0 Å². The highest BCUT2D eigenvalue weighted by molar-refractivity contribution is 8.00. The molecule has 1 rings (SSSR count). The SMILES string of the molecule is COc1cc(NC(=O)CCCSC(F)(F)F)ccc1O. The van der Waals surface area contributed by atoms with E-state index in [9.17, 15) is 23.1 Å². The summed E-state index contributed by atoms with van der Waals surface area (Å²) in [5.74, 6) is -0.404. The molecular formula is C12H14F3NO3S. The maximum absolute atomic E-state index is 11.9. The van der Waals surface area contributed by atoms with E-state index in [2.05, 4.69) is 5.32 Å². The number of aromatic hydroxyl groups is 1. The number of amides is 1. The molecule has 0 heterocycles. The smallest absolute Gasteiger partial charge is 0.441 e. The number of thioether (sulfide) groups is 1. The number of nitrogens with one attached hydrogen (secondary N) is 1. The van der Waals surface area contributed by atoms with Crippen LogP contribution in [0.3, 0.4) is 0 Å². The maximum Gasteiger partial charge on any atom is 0.441 e. The Morgan fingerprint density at radius 3 is 2.75 bits per heavy atom. The zero-order valence-corrected chi connectivity index (χ0v) is 11.5. The lowest BCUT2D eigenvalue weighted by atomic mass is 10.2. The molecule has 8 heteroatoms. The molecule has 0 saturated carbocycles. The van der Waals surface area contributed by atoms with Gasteiger partial charge in [-0.05, 0) is 18.6 Å². The van der Waals surface area contributed by atoms with Gasteiger partial charge < -0.3 is 15.2 Å². The highest BCUT2D eigenvalue weighted by atomic mass is 32.2. The van der Waals surface area contributed by atoms with Crippen molar-refractivity contribution in [1.82, 2.24) is 0 Å². The molecule has 0 atom stereocenters. The van der Waals surface area contributed by atoms with Crippen LogP contribution in [0.5, 0.6) is 11.5 Å². The van der Waals surface area contributed by atoms with Crippen molar-refractivity contribution in [2.45, 2.75) is 18.3 Å². The Kier molecular flexibility index (Phi) is 6.00. The number of anilines is 1. The van der Waals surface area contributed by atoms with Crippen LogP contribution in [0, 0.1) is 0 Å². The number of ether oxygens (including phenoxy) is 1. The number of alkyl halides is 3. The number of phenolic OH excluding ortho intramolecular Hbond substituents is 1. The molecule has 20 heavy (non-hydrogen) atoms. The van der Waals surface area contributed by atoms with Gasteiger partial charge in [-0.2, -0.15) is 13.2 Å². The Bertz CT molecular complexity index is 466. The molecule has 0 aliphatic rings. The highest BCUT2D eigenvalue weighted by Gasteiger charge is 2.27. The van der Waals surface area contributed by atoms with Crippen molar-refractivity contribution in [3.05, 3.63) is 18.2 Å². The molecule has 0 fully saturated rings. The quantitative estimate of drug-likeness (QED) is 0.625. The van der Waals surface area contributed by atoms with Gasteiger partial charge in [-0.15, -0.1) is 0 Å². The zero-order chi connectivity index (χ0) is 15.2. The lowest BCUT2D eigenvalue weighted by Crippen LogP contribution is -2.12. The molecule has 1 amide bonds. The summed E-state index contributed by atoms with van der Waals surface area (Å²) in [6.07, 6.45) is 0.123. The standard InChI is InChI=1S/C12H14F3NO3S/c1-19-10-7-8(4-5-9(10)17)16-11(18)3-2-6-20-12(13,14)15/h4-5,7,17H,2-3,6H2,1H3,(H,16,18). The minimum atomic E-state index is -4.26. The van der Waals surface area contributed by atoms with E-state index >= 15 is 0 Å². The van der Waals surface area contributed by atoms with E-state index in [0.29, 0.717) is 5.69 Å². The summed E-state index contributed by atoms with van der Waals surface area (Å²) in [6, 6.07) is 4.26. The first-order chi connectivity index (χ1) is 9.31. The van der Waals surface area contributed by atoms with Crippen LogP contribution in [-0.2, 0) is 4.79 Å². The lowest BCUT2D eigenvalue weighted by molar-refractivity contribution is -0.116. The van der Waals surface area contributed by atoms with Crippen LogP contribution in [0.1, 0.15) is 12.8 Å². The second kappa shape index (κ2) is 7.28. The van der Waals surface area contributed by atoms with E-state index in [1.807, 2.05) is 0 Å². The van der Waals surface area contributed by atoms with E-state index in [4.69, 9.17) is 4.74 Å².